The highest BCUT2D eigenvalue weighted by Crippen LogP contribution is 2.45. The largest absolute Gasteiger partial charge is 0.454 e. The van der Waals surface area contributed by atoms with Crippen molar-refractivity contribution in [2.45, 2.75) is 25.2 Å². The van der Waals surface area contributed by atoms with Crippen molar-refractivity contribution in [2.24, 2.45) is 0 Å². The van der Waals surface area contributed by atoms with E-state index >= 15 is 0 Å². The Bertz CT molecular complexity index is 414. The lowest BCUT2D eigenvalue weighted by molar-refractivity contribution is 0.173. The van der Waals surface area contributed by atoms with Crippen LogP contribution in [0.1, 0.15) is 24.5 Å². The van der Waals surface area contributed by atoms with Gasteiger partial charge in [0.25, 0.3) is 0 Å². The first-order valence-corrected chi connectivity index (χ1v) is 5.27. The standard InChI is InChI=1S/C12H14O3/c1-12(6-13)3-2-8-4-10-11(5-9(8)12)15-7-14-10/h4-5,13H,2-3,6-7H2,1H3. The summed E-state index contributed by atoms with van der Waals surface area (Å²) in [5.41, 5.74) is 2.40. The molecule has 1 heterocycles. The van der Waals surface area contributed by atoms with Gasteiger partial charge in [-0.3, -0.25) is 0 Å². The smallest absolute Gasteiger partial charge is 0.231 e. The first kappa shape index (κ1) is 9.04. The van der Waals surface area contributed by atoms with Crippen LogP contribution >= 0.6 is 0 Å². The Hall–Kier alpha value is -1.22. The minimum atomic E-state index is -0.101. The first-order chi connectivity index (χ1) is 7.23. The van der Waals surface area contributed by atoms with E-state index in [1.54, 1.807) is 0 Å². The highest BCUT2D eigenvalue weighted by molar-refractivity contribution is 5.53. The number of ether oxygens (including phenoxy) is 2. The third kappa shape index (κ3) is 1.16. The summed E-state index contributed by atoms with van der Waals surface area (Å²) in [6.07, 6.45) is 2.02. The van der Waals surface area contributed by atoms with Gasteiger partial charge in [0, 0.05) is 5.41 Å². The summed E-state index contributed by atoms with van der Waals surface area (Å²) in [7, 11) is 0. The van der Waals surface area contributed by atoms with Crippen LogP contribution in [0.5, 0.6) is 11.5 Å². The van der Waals surface area contributed by atoms with E-state index < -0.39 is 0 Å². The van der Waals surface area contributed by atoms with Crippen LogP contribution in [0, 0.1) is 0 Å². The van der Waals surface area contributed by atoms with Crippen LogP contribution in [-0.2, 0) is 11.8 Å². The van der Waals surface area contributed by atoms with Gasteiger partial charge in [0.2, 0.25) is 6.79 Å². The Labute approximate surface area is 88.6 Å². The van der Waals surface area contributed by atoms with Gasteiger partial charge in [-0.15, -0.1) is 0 Å². The molecule has 0 radical (unpaired) electrons. The summed E-state index contributed by atoms with van der Waals surface area (Å²) in [6.45, 7) is 2.61. The minimum Gasteiger partial charge on any atom is -0.454 e. The molecule has 15 heavy (non-hydrogen) atoms. The normalized spacial score (nSPS) is 26.8. The Morgan fingerprint density at radius 1 is 1.33 bits per heavy atom. The van der Waals surface area contributed by atoms with Crippen LogP contribution in [0.3, 0.4) is 0 Å². The molecule has 0 saturated carbocycles. The average molecular weight is 206 g/mol. The van der Waals surface area contributed by atoms with E-state index in [2.05, 4.69) is 13.0 Å². The number of fused-ring (bicyclic) bond motifs is 2. The molecular formula is C12H14O3. The van der Waals surface area contributed by atoms with Crippen LogP contribution in [0.4, 0.5) is 0 Å². The summed E-state index contributed by atoms with van der Waals surface area (Å²) in [5.74, 6) is 1.66. The molecule has 0 spiro atoms. The second kappa shape index (κ2) is 2.89. The third-order valence-electron chi connectivity index (χ3n) is 3.54. The molecule has 1 aromatic rings. The molecule has 1 aliphatic carbocycles. The molecule has 1 N–H and O–H groups in total. The molecule has 3 nitrogen and oxygen atoms in total. The fourth-order valence-electron chi connectivity index (χ4n) is 2.46. The predicted octanol–water partition coefficient (Wildman–Crippen LogP) is 1.61. The van der Waals surface area contributed by atoms with Gasteiger partial charge in [0.05, 0.1) is 6.61 Å². The SMILES string of the molecule is CC1(CO)CCc2cc3c(cc21)OCO3. The lowest BCUT2D eigenvalue weighted by Crippen LogP contribution is -2.22. The van der Waals surface area contributed by atoms with E-state index in [9.17, 15) is 5.11 Å². The van der Waals surface area contributed by atoms with Crippen molar-refractivity contribution in [1.29, 1.82) is 0 Å². The van der Waals surface area contributed by atoms with Gasteiger partial charge in [-0.25, -0.2) is 0 Å². The number of benzene rings is 1. The molecule has 80 valence electrons. The lowest BCUT2D eigenvalue weighted by atomic mass is 9.85. The van der Waals surface area contributed by atoms with E-state index in [1.807, 2.05) is 6.07 Å². The average Bonchev–Trinajstić information content (AvgIpc) is 2.82. The quantitative estimate of drug-likeness (QED) is 0.758. The predicted molar refractivity (Wildman–Crippen MR) is 55.3 cm³/mol. The monoisotopic (exact) mass is 206 g/mol. The summed E-state index contributed by atoms with van der Waals surface area (Å²) in [4.78, 5) is 0. The number of hydrogen-bond donors (Lipinski definition) is 1. The summed E-state index contributed by atoms with van der Waals surface area (Å²) in [5, 5.41) is 9.45. The van der Waals surface area contributed by atoms with Gasteiger partial charge in [-0.1, -0.05) is 6.92 Å². The van der Waals surface area contributed by atoms with Crippen LogP contribution < -0.4 is 9.47 Å². The van der Waals surface area contributed by atoms with Crippen molar-refractivity contribution in [1.82, 2.24) is 0 Å². The van der Waals surface area contributed by atoms with Crippen LogP contribution in [0.15, 0.2) is 12.1 Å². The molecule has 0 saturated heterocycles. The minimum absolute atomic E-state index is 0.101. The Morgan fingerprint density at radius 3 is 2.80 bits per heavy atom. The number of aliphatic hydroxyl groups is 1. The number of aryl methyl sites for hydroxylation is 1. The Morgan fingerprint density at radius 2 is 2.07 bits per heavy atom. The molecular weight excluding hydrogens is 192 g/mol. The van der Waals surface area contributed by atoms with E-state index in [0.717, 1.165) is 24.3 Å². The fraction of sp³-hybridized carbons (Fsp3) is 0.500. The van der Waals surface area contributed by atoms with E-state index in [4.69, 9.17) is 9.47 Å². The van der Waals surface area contributed by atoms with Gasteiger partial charge >= 0.3 is 0 Å². The van der Waals surface area contributed by atoms with Crippen LogP contribution in [-0.4, -0.2) is 18.5 Å². The first-order valence-electron chi connectivity index (χ1n) is 5.27. The summed E-state index contributed by atoms with van der Waals surface area (Å²) in [6, 6.07) is 4.08. The van der Waals surface area contributed by atoms with E-state index in [1.165, 1.54) is 11.1 Å². The Kier molecular flexibility index (Phi) is 1.74. The molecule has 3 rings (SSSR count). The van der Waals surface area contributed by atoms with Gasteiger partial charge in [-0.2, -0.15) is 0 Å². The molecule has 1 aliphatic heterocycles. The third-order valence-corrected chi connectivity index (χ3v) is 3.54. The molecule has 0 amide bonds. The number of rotatable bonds is 1. The number of aliphatic hydroxyl groups excluding tert-OH is 1. The maximum atomic E-state index is 9.45. The number of hydrogen-bond acceptors (Lipinski definition) is 3. The van der Waals surface area contributed by atoms with Gasteiger partial charge in [0.1, 0.15) is 0 Å². The van der Waals surface area contributed by atoms with Gasteiger partial charge < -0.3 is 14.6 Å². The van der Waals surface area contributed by atoms with Crippen molar-refractivity contribution in [3.63, 3.8) is 0 Å². The topological polar surface area (TPSA) is 38.7 Å². The molecule has 0 fully saturated rings. The highest BCUT2D eigenvalue weighted by Gasteiger charge is 2.35. The molecule has 3 heteroatoms. The molecule has 2 aliphatic rings. The van der Waals surface area contributed by atoms with Crippen molar-refractivity contribution >= 4 is 0 Å². The summed E-state index contributed by atoms with van der Waals surface area (Å²) < 4.78 is 10.7. The molecule has 1 unspecified atom stereocenters. The molecule has 0 aromatic heterocycles. The van der Waals surface area contributed by atoms with E-state index in [-0.39, 0.29) is 12.0 Å². The second-order valence-electron chi connectivity index (χ2n) is 4.58. The van der Waals surface area contributed by atoms with Crippen molar-refractivity contribution in [3.05, 3.63) is 23.3 Å². The van der Waals surface area contributed by atoms with E-state index in [0.29, 0.717) is 6.79 Å². The Balaban J connectivity index is 2.14. The van der Waals surface area contributed by atoms with Crippen molar-refractivity contribution < 1.29 is 14.6 Å². The van der Waals surface area contributed by atoms with Crippen molar-refractivity contribution in [2.75, 3.05) is 13.4 Å². The molecule has 1 aromatic carbocycles. The maximum absolute atomic E-state index is 9.45. The van der Waals surface area contributed by atoms with Gasteiger partial charge in [-0.05, 0) is 36.1 Å². The fourth-order valence-corrected chi connectivity index (χ4v) is 2.46. The lowest BCUT2D eigenvalue weighted by Gasteiger charge is -2.22. The molecule has 0 bridgehead atoms. The zero-order valence-electron chi connectivity index (χ0n) is 8.75. The van der Waals surface area contributed by atoms with Crippen LogP contribution in [0.2, 0.25) is 0 Å². The maximum Gasteiger partial charge on any atom is 0.231 e. The molecule has 1 atom stereocenters. The second-order valence-corrected chi connectivity index (χ2v) is 4.58. The zero-order valence-corrected chi connectivity index (χ0v) is 8.75. The highest BCUT2D eigenvalue weighted by atomic mass is 16.7. The van der Waals surface area contributed by atoms with Crippen molar-refractivity contribution in [3.8, 4) is 11.5 Å². The van der Waals surface area contributed by atoms with Crippen LogP contribution in [0.25, 0.3) is 0 Å². The van der Waals surface area contributed by atoms with Gasteiger partial charge in [0.15, 0.2) is 11.5 Å². The summed E-state index contributed by atoms with van der Waals surface area (Å²) >= 11 is 0. The zero-order chi connectivity index (χ0) is 10.5.